The fraction of sp³-hybridized carbons (Fsp3) is 0.158. The van der Waals surface area contributed by atoms with Crippen molar-refractivity contribution >= 4 is 38.0 Å². The van der Waals surface area contributed by atoms with Crippen LogP contribution in [0.2, 0.25) is 0 Å². The summed E-state index contributed by atoms with van der Waals surface area (Å²) in [5.74, 6) is 0. The van der Waals surface area contributed by atoms with Gasteiger partial charge in [-0.1, -0.05) is 68.4 Å². The van der Waals surface area contributed by atoms with E-state index in [1.165, 1.54) is 6.07 Å². The third kappa shape index (κ3) is 3.36. The summed E-state index contributed by atoms with van der Waals surface area (Å²) < 4.78 is 37.8. The molecule has 0 spiro atoms. The zero-order chi connectivity index (χ0) is 16.6. The molecule has 24 heavy (non-hydrogen) atoms. The fourth-order valence-electron chi connectivity index (χ4n) is 2.95. The van der Waals surface area contributed by atoms with E-state index < -0.39 is 6.30 Å². The van der Waals surface area contributed by atoms with Crippen LogP contribution >= 0.6 is 0 Å². The van der Waals surface area contributed by atoms with E-state index in [1.807, 2.05) is 50.2 Å². The molecule has 0 unspecified atom stereocenters. The van der Waals surface area contributed by atoms with E-state index in [1.54, 1.807) is 12.1 Å². The monoisotopic (exact) mass is 403 g/mol. The number of benzene rings is 4. The Hall–Kier alpha value is -1.39. The van der Waals surface area contributed by atoms with Gasteiger partial charge in [-0.15, -0.1) is 5.69 Å². The topological polar surface area (TPSA) is 14.1 Å². The molecule has 0 aliphatic carbocycles. The third-order valence-electron chi connectivity index (χ3n) is 3.75. The molecule has 0 atom stereocenters. The van der Waals surface area contributed by atoms with Gasteiger partial charge in [0.05, 0.1) is 0 Å². The van der Waals surface area contributed by atoms with Crippen LogP contribution in [0.1, 0.15) is 13.8 Å². The fourth-order valence-corrected chi connectivity index (χ4v) is 2.95. The maximum atomic E-state index is 12.6. The second-order valence-electron chi connectivity index (χ2n) is 5.02. The van der Waals surface area contributed by atoms with Crippen molar-refractivity contribution in [2.24, 2.45) is 0 Å². The van der Waals surface area contributed by atoms with E-state index in [4.69, 9.17) is 0 Å². The molecule has 0 N–H and O–H groups in total. The minimum Gasteiger partial charge on any atom is -0.596 e. The smallest absolute Gasteiger partial charge is 0.332 e. The summed E-state index contributed by atoms with van der Waals surface area (Å²) in [6, 6.07) is 16.5. The summed E-state index contributed by atoms with van der Waals surface area (Å²) in [6.45, 7) is 4.00. The normalized spacial score (nSPS) is 11.2. The molecule has 0 bridgehead atoms. The van der Waals surface area contributed by atoms with Crippen LogP contribution in [-0.2, 0) is 32.7 Å². The van der Waals surface area contributed by atoms with Crippen molar-refractivity contribution in [3.8, 4) is 0 Å². The number of hydrogen-bond donors (Lipinski definition) is 0. The predicted molar refractivity (Wildman–Crippen MR) is 90.6 cm³/mol. The molecule has 0 heterocycles. The second kappa shape index (κ2) is 7.24. The van der Waals surface area contributed by atoms with E-state index in [0.717, 1.165) is 26.9 Å². The first-order valence-corrected chi connectivity index (χ1v) is 7.49. The van der Waals surface area contributed by atoms with E-state index in [9.17, 15) is 13.2 Å². The predicted octanol–water partition coefficient (Wildman–Crippen LogP) is 7.13. The van der Waals surface area contributed by atoms with Gasteiger partial charge in [0.15, 0.2) is 0 Å². The molecule has 4 aromatic rings. The summed E-state index contributed by atoms with van der Waals surface area (Å²) in [6.07, 6.45) is -4.57. The van der Waals surface area contributed by atoms with Crippen molar-refractivity contribution in [1.82, 2.24) is 0 Å². The van der Waals surface area contributed by atoms with Crippen LogP contribution in [0.4, 0.5) is 18.9 Å². The van der Waals surface area contributed by atoms with Crippen LogP contribution in [-0.4, -0.2) is 6.30 Å². The first kappa shape index (κ1) is 18.9. The van der Waals surface area contributed by atoms with Crippen LogP contribution in [0.25, 0.3) is 37.6 Å². The number of rotatable bonds is 1. The van der Waals surface area contributed by atoms with Gasteiger partial charge in [-0.3, -0.25) is 0 Å². The van der Waals surface area contributed by atoms with Gasteiger partial charge in [0.25, 0.3) is 0 Å². The zero-order valence-electron chi connectivity index (χ0n) is 13.4. The van der Waals surface area contributed by atoms with Gasteiger partial charge in [0, 0.05) is 32.7 Å². The van der Waals surface area contributed by atoms with Crippen molar-refractivity contribution < 1.29 is 45.9 Å². The Kier molecular flexibility index (Phi) is 5.72. The Balaban J connectivity index is 0.000000670. The summed E-state index contributed by atoms with van der Waals surface area (Å²) in [5.41, 5.74) is -0.0340. The molecule has 0 aliphatic heterocycles. The Labute approximate surface area is 163 Å². The number of alkyl halides is 3. The van der Waals surface area contributed by atoms with Gasteiger partial charge in [-0.25, -0.2) is 0 Å². The maximum Gasteiger partial charge on any atom is 0.332 e. The van der Waals surface area contributed by atoms with Gasteiger partial charge >= 0.3 is 6.30 Å². The summed E-state index contributed by atoms with van der Waals surface area (Å²) in [5, 5.41) is 8.24. The molecule has 0 amide bonds. The number of nitrogens with zero attached hydrogens (tertiary/aromatic N) is 1. The first-order chi connectivity index (χ1) is 11.0. The molecule has 1 radical (unpaired) electrons. The standard InChI is InChI=1S/C17H9F3N.C2H6.Y/c18-17(19,20)21-14-9-7-12-5-4-10-2-1-3-11-6-8-13(14)16(12)15(10)11;1-2;/h1-9H;1-2H3;/q-1;;. The van der Waals surface area contributed by atoms with Crippen LogP contribution < -0.4 is 0 Å². The van der Waals surface area contributed by atoms with Gasteiger partial charge in [0.2, 0.25) is 0 Å². The quantitative estimate of drug-likeness (QED) is 0.237. The Morgan fingerprint density at radius 3 is 1.79 bits per heavy atom. The van der Waals surface area contributed by atoms with Crippen molar-refractivity contribution in [2.45, 2.75) is 20.1 Å². The second-order valence-corrected chi connectivity index (χ2v) is 5.02. The van der Waals surface area contributed by atoms with Crippen LogP contribution in [0.15, 0.2) is 54.6 Å². The Morgan fingerprint density at radius 2 is 1.21 bits per heavy atom. The summed E-state index contributed by atoms with van der Waals surface area (Å²) >= 11 is 0. The van der Waals surface area contributed by atoms with Crippen molar-refractivity contribution in [3.05, 3.63) is 59.9 Å². The number of hydrogen-bond acceptors (Lipinski definition) is 0. The molecule has 0 saturated carbocycles. The first-order valence-electron chi connectivity index (χ1n) is 7.49. The molecule has 0 aromatic heterocycles. The minimum atomic E-state index is -4.57. The average Bonchev–Trinajstić information content (AvgIpc) is 2.54. The zero-order valence-corrected chi connectivity index (χ0v) is 16.2. The largest absolute Gasteiger partial charge is 0.596 e. The Morgan fingerprint density at radius 1 is 0.708 bits per heavy atom. The molecule has 0 aliphatic rings. The van der Waals surface area contributed by atoms with E-state index in [2.05, 4.69) is 5.32 Å². The minimum absolute atomic E-state index is 0. The van der Waals surface area contributed by atoms with Gasteiger partial charge in [-0.2, -0.15) is 13.2 Å². The van der Waals surface area contributed by atoms with Gasteiger partial charge in [-0.05, 0) is 32.3 Å². The molecule has 121 valence electrons. The maximum absolute atomic E-state index is 12.6. The molecule has 4 rings (SSSR count). The molecule has 4 aromatic carbocycles. The van der Waals surface area contributed by atoms with E-state index in [-0.39, 0.29) is 38.4 Å². The average molecular weight is 403 g/mol. The van der Waals surface area contributed by atoms with Crippen molar-refractivity contribution in [2.75, 3.05) is 0 Å². The molecular weight excluding hydrogens is 388 g/mol. The molecule has 0 fully saturated rings. The van der Waals surface area contributed by atoms with Gasteiger partial charge in [0.1, 0.15) is 0 Å². The van der Waals surface area contributed by atoms with Crippen molar-refractivity contribution in [1.29, 1.82) is 0 Å². The molecule has 5 heteroatoms. The third-order valence-corrected chi connectivity index (χ3v) is 3.75. The summed E-state index contributed by atoms with van der Waals surface area (Å²) in [4.78, 5) is 0. The van der Waals surface area contributed by atoms with E-state index >= 15 is 0 Å². The van der Waals surface area contributed by atoms with Crippen LogP contribution in [0, 0.1) is 0 Å². The SMILES string of the molecule is CC.FC(F)(F)[N-]c1ccc2ccc3cccc4ccc1c2c34.[Y]. The Bertz CT molecular complexity index is 947. The van der Waals surface area contributed by atoms with Gasteiger partial charge < -0.3 is 5.32 Å². The molecule has 0 saturated heterocycles. The summed E-state index contributed by atoms with van der Waals surface area (Å²) in [7, 11) is 0. The van der Waals surface area contributed by atoms with E-state index in [0.29, 0.717) is 5.39 Å². The van der Waals surface area contributed by atoms with Crippen LogP contribution in [0.5, 0.6) is 0 Å². The number of halogens is 3. The molecular formula is C19H15F3NY-. The van der Waals surface area contributed by atoms with Crippen LogP contribution in [0.3, 0.4) is 0 Å². The van der Waals surface area contributed by atoms with Crippen molar-refractivity contribution in [3.63, 3.8) is 0 Å². The molecule has 1 nitrogen and oxygen atoms in total.